The molecule has 0 N–H and O–H groups in total. The molecule has 0 saturated carbocycles. The van der Waals surface area contributed by atoms with Crippen molar-refractivity contribution in [3.05, 3.63) is 103 Å². The van der Waals surface area contributed by atoms with Gasteiger partial charge in [0.15, 0.2) is 0 Å². The fourth-order valence-corrected chi connectivity index (χ4v) is 2.86. The van der Waals surface area contributed by atoms with E-state index in [2.05, 4.69) is 37.2 Å². The van der Waals surface area contributed by atoms with Crippen molar-refractivity contribution >= 4 is 0 Å². The average Bonchev–Trinajstić information content (AvgIpc) is 2.77. The van der Waals surface area contributed by atoms with Crippen LogP contribution in [0.5, 0.6) is 0 Å². The number of aromatic nitrogens is 3. The maximum atomic E-state index is 5.28. The number of hydrogen-bond donors (Lipinski definition) is 0. The fourth-order valence-electron chi connectivity index (χ4n) is 2.86. The molecule has 29 heavy (non-hydrogen) atoms. The van der Waals surface area contributed by atoms with Crippen LogP contribution in [0.1, 0.15) is 17.1 Å². The van der Waals surface area contributed by atoms with Gasteiger partial charge in [-0.25, -0.2) is 0 Å². The van der Waals surface area contributed by atoms with Crippen molar-refractivity contribution < 1.29 is 4.74 Å². The Morgan fingerprint density at radius 2 is 1.14 bits per heavy atom. The number of methoxy groups -OCH3 is 1. The first kappa shape index (κ1) is 20.5. The normalized spacial score (nSPS) is 10.9. The molecule has 3 heterocycles. The maximum absolute atomic E-state index is 5.28. The Morgan fingerprint density at radius 1 is 0.690 bits per heavy atom. The van der Waals surface area contributed by atoms with Crippen LogP contribution in [-0.2, 0) is 24.4 Å². The molecular weight excluding hydrogens is 362 g/mol. The molecule has 0 aliphatic carbocycles. The molecule has 0 aromatic carbocycles. The second-order valence-corrected chi connectivity index (χ2v) is 6.63. The summed E-state index contributed by atoms with van der Waals surface area (Å²) in [4.78, 5) is 17.8. The van der Waals surface area contributed by atoms with E-state index in [-0.39, 0.29) is 0 Å². The van der Waals surface area contributed by atoms with Crippen LogP contribution >= 0.6 is 0 Å². The van der Waals surface area contributed by atoms with Crippen molar-refractivity contribution in [1.29, 1.82) is 0 Å². The third kappa shape index (κ3) is 7.35. The molecule has 0 unspecified atom stereocenters. The van der Waals surface area contributed by atoms with Crippen LogP contribution < -0.4 is 0 Å². The van der Waals surface area contributed by atoms with Gasteiger partial charge >= 0.3 is 0 Å². The summed E-state index contributed by atoms with van der Waals surface area (Å²) in [6.45, 7) is 3.56. The molecule has 0 bridgehead atoms. The van der Waals surface area contributed by atoms with E-state index in [1.165, 1.54) is 0 Å². The summed E-state index contributed by atoms with van der Waals surface area (Å²) in [5.41, 5.74) is 3.05. The van der Waals surface area contributed by atoms with Crippen LogP contribution in [0, 0.1) is 0 Å². The predicted octanol–water partition coefficient (Wildman–Crippen LogP) is 3.49. The topological polar surface area (TPSA) is 54.4 Å². The smallest absolute Gasteiger partial charge is 0.0637 e. The van der Waals surface area contributed by atoms with Crippen LogP contribution in [0.25, 0.3) is 0 Å². The van der Waals surface area contributed by atoms with E-state index in [1.807, 2.05) is 73.2 Å². The van der Waals surface area contributed by atoms with Crippen LogP contribution in [0.4, 0.5) is 0 Å². The fraction of sp³-hybridized carbons (Fsp3) is 0.261. The second kappa shape index (κ2) is 11.6. The van der Waals surface area contributed by atoms with Crippen molar-refractivity contribution in [3.63, 3.8) is 0 Å². The number of ether oxygens (including phenoxy) is 1. The summed E-state index contributed by atoms with van der Waals surface area (Å²) in [7, 11) is 1.72. The summed E-state index contributed by atoms with van der Waals surface area (Å²) in [5.74, 6) is 0. The van der Waals surface area contributed by atoms with Crippen molar-refractivity contribution in [1.82, 2.24) is 24.8 Å². The minimum Gasteiger partial charge on any atom is -0.383 e. The molecule has 0 spiro atoms. The van der Waals surface area contributed by atoms with Crippen molar-refractivity contribution in [2.24, 2.45) is 0 Å². The second-order valence-electron chi connectivity index (χ2n) is 6.63. The highest BCUT2D eigenvalue weighted by Gasteiger charge is 2.07. The lowest BCUT2D eigenvalue weighted by Crippen LogP contribution is -2.24. The lowest BCUT2D eigenvalue weighted by atomic mass is 10.3. The Kier molecular flexibility index (Phi) is 8.17. The van der Waals surface area contributed by atoms with E-state index in [9.17, 15) is 0 Å². The Balaban J connectivity index is 1.73. The van der Waals surface area contributed by atoms with Gasteiger partial charge in [-0.05, 0) is 36.4 Å². The molecule has 0 fully saturated rings. The quantitative estimate of drug-likeness (QED) is 0.500. The van der Waals surface area contributed by atoms with E-state index >= 15 is 0 Å². The van der Waals surface area contributed by atoms with E-state index in [0.717, 1.165) is 30.2 Å². The van der Waals surface area contributed by atoms with E-state index in [0.29, 0.717) is 19.7 Å². The monoisotopic (exact) mass is 389 g/mol. The van der Waals surface area contributed by atoms with Crippen molar-refractivity contribution in [2.75, 3.05) is 20.3 Å². The van der Waals surface area contributed by atoms with Crippen LogP contribution in [0.15, 0.2) is 85.6 Å². The Labute approximate surface area is 172 Å². The molecule has 0 saturated heterocycles. The van der Waals surface area contributed by atoms with Crippen LogP contribution in [-0.4, -0.2) is 45.0 Å². The summed E-state index contributed by atoms with van der Waals surface area (Å²) in [6.07, 6.45) is 9.66. The molecule has 3 aromatic rings. The molecule has 150 valence electrons. The predicted molar refractivity (Wildman–Crippen MR) is 113 cm³/mol. The first-order valence-corrected chi connectivity index (χ1v) is 9.68. The minimum absolute atomic E-state index is 0.650. The molecule has 0 aliphatic heterocycles. The number of nitrogens with zero attached hydrogens (tertiary/aromatic N) is 5. The SMILES string of the molecule is COCCN(/C=C/N(Cc1ccccn1)Cc1ccccn1)Cc1ccccn1. The first-order valence-electron chi connectivity index (χ1n) is 9.68. The molecule has 6 heteroatoms. The zero-order chi connectivity index (χ0) is 20.2. The van der Waals surface area contributed by atoms with Gasteiger partial charge in [-0.2, -0.15) is 0 Å². The Hall–Kier alpha value is -3.25. The van der Waals surface area contributed by atoms with Gasteiger partial charge in [0.05, 0.1) is 43.3 Å². The molecule has 0 amide bonds. The summed E-state index contributed by atoms with van der Waals surface area (Å²) < 4.78 is 5.28. The zero-order valence-corrected chi connectivity index (χ0v) is 16.8. The van der Waals surface area contributed by atoms with E-state index in [1.54, 1.807) is 7.11 Å². The number of pyridine rings is 3. The molecule has 0 atom stereocenters. The molecule has 0 radical (unpaired) electrons. The van der Waals surface area contributed by atoms with Gasteiger partial charge in [-0.15, -0.1) is 0 Å². The van der Waals surface area contributed by atoms with Gasteiger partial charge in [0.1, 0.15) is 0 Å². The van der Waals surface area contributed by atoms with E-state index < -0.39 is 0 Å². The third-order valence-electron chi connectivity index (χ3n) is 4.34. The number of hydrogen-bond acceptors (Lipinski definition) is 6. The van der Waals surface area contributed by atoms with Gasteiger partial charge in [0, 0.05) is 44.6 Å². The van der Waals surface area contributed by atoms with Gasteiger partial charge in [-0.1, -0.05) is 18.2 Å². The third-order valence-corrected chi connectivity index (χ3v) is 4.34. The first-order chi connectivity index (χ1) is 14.3. The summed E-state index contributed by atoms with van der Waals surface area (Å²) in [6, 6.07) is 17.9. The molecule has 0 aliphatic rings. The van der Waals surface area contributed by atoms with Crippen molar-refractivity contribution in [2.45, 2.75) is 19.6 Å². The standard InChI is InChI=1S/C23H27N5O/c1-29-17-16-27(18-21-8-2-5-11-24-21)14-15-28(19-22-9-3-6-12-25-22)20-23-10-4-7-13-26-23/h2-15H,16-20H2,1H3/b15-14+. The van der Waals surface area contributed by atoms with Gasteiger partial charge in [-0.3, -0.25) is 15.0 Å². The largest absolute Gasteiger partial charge is 0.383 e. The van der Waals surface area contributed by atoms with Gasteiger partial charge in [0.25, 0.3) is 0 Å². The van der Waals surface area contributed by atoms with Gasteiger partial charge in [0.2, 0.25) is 0 Å². The Morgan fingerprint density at radius 3 is 1.55 bits per heavy atom. The van der Waals surface area contributed by atoms with Gasteiger partial charge < -0.3 is 14.5 Å². The van der Waals surface area contributed by atoms with E-state index in [4.69, 9.17) is 4.74 Å². The lowest BCUT2D eigenvalue weighted by Gasteiger charge is -2.24. The molecular formula is C23H27N5O. The Bertz CT molecular complexity index is 801. The van der Waals surface area contributed by atoms with Crippen molar-refractivity contribution in [3.8, 4) is 0 Å². The van der Waals surface area contributed by atoms with Crippen LogP contribution in [0.3, 0.4) is 0 Å². The molecule has 3 aromatic heterocycles. The average molecular weight is 390 g/mol. The summed E-state index contributed by atoms with van der Waals surface area (Å²) >= 11 is 0. The number of rotatable bonds is 11. The summed E-state index contributed by atoms with van der Waals surface area (Å²) in [5, 5.41) is 0. The molecule has 3 rings (SSSR count). The molecule has 6 nitrogen and oxygen atoms in total. The minimum atomic E-state index is 0.650. The highest BCUT2D eigenvalue weighted by atomic mass is 16.5. The lowest BCUT2D eigenvalue weighted by molar-refractivity contribution is 0.165. The zero-order valence-electron chi connectivity index (χ0n) is 16.8. The highest BCUT2D eigenvalue weighted by Crippen LogP contribution is 2.09. The highest BCUT2D eigenvalue weighted by molar-refractivity contribution is 5.08. The maximum Gasteiger partial charge on any atom is 0.0637 e. The van der Waals surface area contributed by atoms with Crippen LogP contribution in [0.2, 0.25) is 0 Å².